The highest BCUT2D eigenvalue weighted by Gasteiger charge is 2.34. The fourth-order valence-corrected chi connectivity index (χ4v) is 1.64. The van der Waals surface area contributed by atoms with Crippen molar-refractivity contribution in [3.8, 4) is 0 Å². The van der Waals surface area contributed by atoms with E-state index in [1.165, 1.54) is 6.07 Å². The third-order valence-electron chi connectivity index (χ3n) is 2.12. The number of aromatic nitrogens is 2. The van der Waals surface area contributed by atoms with Gasteiger partial charge in [-0.2, -0.15) is 18.3 Å². The zero-order valence-corrected chi connectivity index (χ0v) is 8.37. The van der Waals surface area contributed by atoms with Gasteiger partial charge in [-0.1, -0.05) is 11.6 Å². The van der Waals surface area contributed by atoms with Crippen molar-refractivity contribution < 1.29 is 13.2 Å². The average molecular weight is 235 g/mol. The highest BCUT2D eigenvalue weighted by Crippen LogP contribution is 2.36. The molecule has 0 atom stereocenters. The van der Waals surface area contributed by atoms with Gasteiger partial charge in [0.2, 0.25) is 0 Å². The third kappa shape index (κ3) is 1.67. The van der Waals surface area contributed by atoms with Gasteiger partial charge in [0.1, 0.15) is 5.52 Å². The lowest BCUT2D eigenvalue weighted by atomic mass is 10.1. The Bertz CT molecular complexity index is 516. The Morgan fingerprint density at radius 3 is 2.60 bits per heavy atom. The minimum absolute atomic E-state index is 0.0549. The van der Waals surface area contributed by atoms with Crippen LogP contribution in [0.15, 0.2) is 12.1 Å². The topological polar surface area (TPSA) is 28.7 Å². The van der Waals surface area contributed by atoms with E-state index < -0.39 is 11.7 Å². The van der Waals surface area contributed by atoms with Crippen molar-refractivity contribution in [2.24, 2.45) is 0 Å². The molecule has 15 heavy (non-hydrogen) atoms. The largest absolute Gasteiger partial charge is 0.418 e. The van der Waals surface area contributed by atoms with Crippen LogP contribution in [-0.2, 0) is 6.18 Å². The molecule has 0 amide bonds. The molecule has 80 valence electrons. The van der Waals surface area contributed by atoms with E-state index in [0.717, 1.165) is 6.07 Å². The van der Waals surface area contributed by atoms with Gasteiger partial charge in [-0.15, -0.1) is 0 Å². The van der Waals surface area contributed by atoms with Crippen molar-refractivity contribution in [2.75, 3.05) is 0 Å². The lowest BCUT2D eigenvalue weighted by Gasteiger charge is -2.07. The summed E-state index contributed by atoms with van der Waals surface area (Å²) < 4.78 is 37.8. The lowest BCUT2D eigenvalue weighted by Crippen LogP contribution is -2.05. The van der Waals surface area contributed by atoms with E-state index in [-0.39, 0.29) is 10.5 Å². The van der Waals surface area contributed by atoms with Crippen LogP contribution in [0, 0.1) is 6.92 Å². The minimum atomic E-state index is -4.44. The van der Waals surface area contributed by atoms with Crippen molar-refractivity contribution >= 4 is 22.5 Å². The van der Waals surface area contributed by atoms with Gasteiger partial charge in [0, 0.05) is 16.1 Å². The van der Waals surface area contributed by atoms with Crippen molar-refractivity contribution in [3.63, 3.8) is 0 Å². The summed E-state index contributed by atoms with van der Waals surface area (Å²) in [7, 11) is 0. The van der Waals surface area contributed by atoms with Crippen LogP contribution < -0.4 is 0 Å². The number of aromatic amines is 1. The Balaban J connectivity index is 2.84. The van der Waals surface area contributed by atoms with Gasteiger partial charge in [0.15, 0.2) is 0 Å². The summed E-state index contributed by atoms with van der Waals surface area (Å²) in [5.41, 5.74) is -0.336. The number of nitrogens with one attached hydrogen (secondary N) is 1. The Hall–Kier alpha value is -1.23. The molecule has 1 N–H and O–H groups in total. The highest BCUT2D eigenvalue weighted by molar-refractivity contribution is 6.31. The molecule has 2 rings (SSSR count). The molecule has 0 radical (unpaired) electrons. The van der Waals surface area contributed by atoms with E-state index in [4.69, 9.17) is 11.6 Å². The number of rotatable bonds is 0. The van der Waals surface area contributed by atoms with Crippen LogP contribution in [-0.4, -0.2) is 10.2 Å². The van der Waals surface area contributed by atoms with E-state index in [2.05, 4.69) is 10.2 Å². The Morgan fingerprint density at radius 1 is 1.33 bits per heavy atom. The number of hydrogen-bond donors (Lipinski definition) is 1. The van der Waals surface area contributed by atoms with Crippen molar-refractivity contribution in [1.82, 2.24) is 10.2 Å². The number of fused-ring (bicyclic) bond motifs is 1. The fourth-order valence-electron chi connectivity index (χ4n) is 1.42. The SMILES string of the molecule is Cc1[nH]nc2c(C(F)(F)F)cc(Cl)cc12. The maximum Gasteiger partial charge on any atom is 0.418 e. The minimum Gasteiger partial charge on any atom is -0.282 e. The van der Waals surface area contributed by atoms with E-state index in [9.17, 15) is 13.2 Å². The predicted octanol–water partition coefficient (Wildman–Crippen LogP) is 3.54. The van der Waals surface area contributed by atoms with Crippen LogP contribution in [0.5, 0.6) is 0 Å². The Labute approximate surface area is 88.0 Å². The molecule has 0 bridgehead atoms. The van der Waals surface area contributed by atoms with Gasteiger partial charge < -0.3 is 0 Å². The van der Waals surface area contributed by atoms with E-state index >= 15 is 0 Å². The Kier molecular flexibility index (Phi) is 2.15. The average Bonchev–Trinajstić information content (AvgIpc) is 2.45. The molecule has 0 aliphatic rings. The first-order chi connectivity index (χ1) is 6.89. The quantitative estimate of drug-likeness (QED) is 0.742. The number of benzene rings is 1. The predicted molar refractivity (Wildman–Crippen MR) is 50.8 cm³/mol. The lowest BCUT2D eigenvalue weighted by molar-refractivity contribution is -0.136. The molecule has 2 aromatic rings. The molecule has 2 nitrogen and oxygen atoms in total. The number of aryl methyl sites for hydroxylation is 1. The summed E-state index contributed by atoms with van der Waals surface area (Å²) in [6.45, 7) is 1.64. The molecular weight excluding hydrogens is 229 g/mol. The van der Waals surface area contributed by atoms with Crippen LogP contribution in [0.3, 0.4) is 0 Å². The highest BCUT2D eigenvalue weighted by atomic mass is 35.5. The molecule has 0 unspecified atom stereocenters. The van der Waals surface area contributed by atoms with Gasteiger partial charge >= 0.3 is 6.18 Å². The van der Waals surface area contributed by atoms with E-state index in [1.807, 2.05) is 0 Å². The zero-order valence-electron chi connectivity index (χ0n) is 7.61. The number of nitrogens with zero attached hydrogens (tertiary/aromatic N) is 1. The third-order valence-corrected chi connectivity index (χ3v) is 2.34. The zero-order chi connectivity index (χ0) is 11.2. The van der Waals surface area contributed by atoms with Gasteiger partial charge in [-0.25, -0.2) is 0 Å². The van der Waals surface area contributed by atoms with Crippen molar-refractivity contribution in [2.45, 2.75) is 13.1 Å². The molecule has 1 aromatic heterocycles. The van der Waals surface area contributed by atoms with Gasteiger partial charge in [-0.3, -0.25) is 5.10 Å². The van der Waals surface area contributed by atoms with Crippen LogP contribution in [0.4, 0.5) is 13.2 Å². The van der Waals surface area contributed by atoms with Crippen LogP contribution in [0.1, 0.15) is 11.3 Å². The second kappa shape index (κ2) is 3.13. The molecule has 1 aromatic carbocycles. The first-order valence-electron chi connectivity index (χ1n) is 4.11. The van der Waals surface area contributed by atoms with Crippen molar-refractivity contribution in [3.05, 3.63) is 28.4 Å². The molecule has 0 aliphatic heterocycles. The second-order valence-electron chi connectivity index (χ2n) is 3.20. The fraction of sp³-hybridized carbons (Fsp3) is 0.222. The number of H-pyrrole nitrogens is 1. The molecule has 6 heteroatoms. The summed E-state index contributed by atoms with van der Waals surface area (Å²) in [5, 5.41) is 6.58. The maximum atomic E-state index is 12.6. The molecule has 1 heterocycles. The van der Waals surface area contributed by atoms with Crippen LogP contribution >= 0.6 is 11.6 Å². The van der Waals surface area contributed by atoms with Crippen LogP contribution in [0.25, 0.3) is 10.9 Å². The van der Waals surface area contributed by atoms with Crippen LogP contribution in [0.2, 0.25) is 5.02 Å². The maximum absolute atomic E-state index is 12.6. The standard InChI is InChI=1S/C9H6ClF3N2/c1-4-6-2-5(10)3-7(9(11,12)13)8(6)15-14-4/h2-3H,1H3,(H,14,15). The summed E-state index contributed by atoms with van der Waals surface area (Å²) in [6.07, 6.45) is -4.44. The number of alkyl halides is 3. The Morgan fingerprint density at radius 2 is 2.00 bits per heavy atom. The summed E-state index contributed by atoms with van der Waals surface area (Å²) in [4.78, 5) is 0. The monoisotopic (exact) mass is 234 g/mol. The smallest absolute Gasteiger partial charge is 0.282 e. The first-order valence-corrected chi connectivity index (χ1v) is 4.49. The number of halogens is 4. The van der Waals surface area contributed by atoms with Gasteiger partial charge in [0.25, 0.3) is 0 Å². The summed E-state index contributed by atoms with van der Waals surface area (Å²) in [5.74, 6) is 0. The molecule has 0 saturated heterocycles. The van der Waals surface area contributed by atoms with Crippen molar-refractivity contribution in [1.29, 1.82) is 0 Å². The molecule has 0 spiro atoms. The van der Waals surface area contributed by atoms with E-state index in [0.29, 0.717) is 11.1 Å². The molecule has 0 saturated carbocycles. The normalized spacial score (nSPS) is 12.3. The summed E-state index contributed by atoms with van der Waals surface area (Å²) >= 11 is 5.62. The first kappa shape index (κ1) is 10.3. The van der Waals surface area contributed by atoms with E-state index in [1.54, 1.807) is 6.92 Å². The second-order valence-corrected chi connectivity index (χ2v) is 3.63. The number of hydrogen-bond acceptors (Lipinski definition) is 1. The summed E-state index contributed by atoms with van der Waals surface area (Å²) in [6, 6.07) is 2.34. The molecular formula is C9H6ClF3N2. The van der Waals surface area contributed by atoms with Gasteiger partial charge in [0.05, 0.1) is 5.56 Å². The molecule has 0 fully saturated rings. The van der Waals surface area contributed by atoms with Gasteiger partial charge in [-0.05, 0) is 19.1 Å². The molecule has 0 aliphatic carbocycles.